The number of aromatic nitrogens is 3. The highest BCUT2D eigenvalue weighted by atomic mass is 19.1. The van der Waals surface area contributed by atoms with Crippen molar-refractivity contribution in [1.82, 2.24) is 14.1 Å². The van der Waals surface area contributed by atoms with Crippen LogP contribution < -0.4 is 5.69 Å². The summed E-state index contributed by atoms with van der Waals surface area (Å²) in [4.78, 5) is 28.3. The fourth-order valence-electron chi connectivity index (χ4n) is 2.37. The van der Waals surface area contributed by atoms with E-state index in [-0.39, 0.29) is 17.0 Å². The second kappa shape index (κ2) is 6.03. The van der Waals surface area contributed by atoms with Gasteiger partial charge in [0.25, 0.3) is 0 Å². The van der Waals surface area contributed by atoms with E-state index in [2.05, 4.69) is 4.98 Å². The lowest BCUT2D eigenvalue weighted by Gasteiger charge is -2.06. The van der Waals surface area contributed by atoms with E-state index in [1.807, 2.05) is 6.92 Å². The average Bonchev–Trinajstić information content (AvgIpc) is 2.68. The SMILES string of the molecule is CCCCc1c(C(=O)c2cncc(F)c2)n(C)c(=O)n1C. The zero-order valence-corrected chi connectivity index (χ0v) is 12.4. The molecular weight excluding hydrogens is 273 g/mol. The van der Waals surface area contributed by atoms with Crippen molar-refractivity contribution in [3.05, 3.63) is 51.7 Å². The van der Waals surface area contributed by atoms with Gasteiger partial charge in [0.2, 0.25) is 5.78 Å². The molecule has 0 aliphatic carbocycles. The number of nitrogens with zero attached hydrogens (tertiary/aromatic N) is 3. The van der Waals surface area contributed by atoms with Crippen LogP contribution in [0.15, 0.2) is 23.3 Å². The van der Waals surface area contributed by atoms with Gasteiger partial charge < -0.3 is 0 Å². The van der Waals surface area contributed by atoms with Gasteiger partial charge in [0.1, 0.15) is 11.5 Å². The fraction of sp³-hybridized carbons (Fsp3) is 0.400. The first-order valence-electron chi connectivity index (χ1n) is 6.87. The van der Waals surface area contributed by atoms with Crippen LogP contribution in [-0.4, -0.2) is 19.9 Å². The van der Waals surface area contributed by atoms with Gasteiger partial charge in [-0.1, -0.05) is 13.3 Å². The summed E-state index contributed by atoms with van der Waals surface area (Å²) < 4.78 is 16.0. The van der Waals surface area contributed by atoms with Crippen LogP contribution in [0.2, 0.25) is 0 Å². The molecule has 2 rings (SSSR count). The summed E-state index contributed by atoms with van der Waals surface area (Å²) >= 11 is 0. The van der Waals surface area contributed by atoms with E-state index in [9.17, 15) is 14.0 Å². The molecule has 0 saturated carbocycles. The zero-order chi connectivity index (χ0) is 15.6. The standard InChI is InChI=1S/C15H18FN3O2/c1-4-5-6-12-13(19(3)15(21)18(12)2)14(20)10-7-11(16)9-17-8-10/h7-9H,4-6H2,1-3H3. The molecule has 0 aliphatic heterocycles. The molecule has 0 bridgehead atoms. The highest BCUT2D eigenvalue weighted by Crippen LogP contribution is 2.15. The van der Waals surface area contributed by atoms with Gasteiger partial charge >= 0.3 is 5.69 Å². The topological polar surface area (TPSA) is 56.9 Å². The van der Waals surface area contributed by atoms with Crippen LogP contribution in [0.1, 0.15) is 41.5 Å². The molecule has 2 aromatic rings. The fourth-order valence-corrected chi connectivity index (χ4v) is 2.37. The first-order valence-corrected chi connectivity index (χ1v) is 6.87. The lowest BCUT2D eigenvalue weighted by atomic mass is 10.1. The minimum Gasteiger partial charge on any atom is -0.299 e. The van der Waals surface area contributed by atoms with E-state index in [1.165, 1.54) is 15.3 Å². The van der Waals surface area contributed by atoms with E-state index in [0.29, 0.717) is 17.8 Å². The monoisotopic (exact) mass is 291 g/mol. The van der Waals surface area contributed by atoms with Gasteiger partial charge in [0, 0.05) is 25.9 Å². The summed E-state index contributed by atoms with van der Waals surface area (Å²) in [5.41, 5.74) is 0.879. The third-order valence-corrected chi connectivity index (χ3v) is 3.54. The number of unbranched alkanes of at least 4 members (excludes halogenated alkanes) is 1. The van der Waals surface area contributed by atoms with Crippen molar-refractivity contribution in [2.24, 2.45) is 14.1 Å². The van der Waals surface area contributed by atoms with Gasteiger partial charge in [-0.15, -0.1) is 0 Å². The number of carbonyl (C=O) groups excluding carboxylic acids is 1. The molecule has 112 valence electrons. The summed E-state index contributed by atoms with van der Waals surface area (Å²) in [5, 5.41) is 0. The van der Waals surface area contributed by atoms with Crippen LogP contribution in [0.5, 0.6) is 0 Å². The van der Waals surface area contributed by atoms with E-state index in [4.69, 9.17) is 0 Å². The Hall–Kier alpha value is -2.24. The van der Waals surface area contributed by atoms with Gasteiger partial charge in [-0.05, 0) is 18.9 Å². The van der Waals surface area contributed by atoms with Crippen LogP contribution >= 0.6 is 0 Å². The lowest BCUT2D eigenvalue weighted by molar-refractivity contribution is 0.102. The Labute approximate surface area is 122 Å². The number of hydrogen-bond acceptors (Lipinski definition) is 3. The highest BCUT2D eigenvalue weighted by Gasteiger charge is 2.22. The van der Waals surface area contributed by atoms with Crippen molar-refractivity contribution < 1.29 is 9.18 Å². The van der Waals surface area contributed by atoms with Crippen LogP contribution in [0.3, 0.4) is 0 Å². The van der Waals surface area contributed by atoms with Crippen molar-refractivity contribution in [3.63, 3.8) is 0 Å². The Morgan fingerprint density at radius 2 is 2.00 bits per heavy atom. The molecule has 0 unspecified atom stereocenters. The molecule has 21 heavy (non-hydrogen) atoms. The molecule has 0 atom stereocenters. The van der Waals surface area contributed by atoms with E-state index in [1.54, 1.807) is 14.1 Å². The molecule has 0 radical (unpaired) electrons. The quantitative estimate of drug-likeness (QED) is 0.790. The number of carbonyl (C=O) groups is 1. The first-order chi connectivity index (χ1) is 9.97. The lowest BCUT2D eigenvalue weighted by Crippen LogP contribution is -2.21. The van der Waals surface area contributed by atoms with E-state index in [0.717, 1.165) is 25.1 Å². The minimum atomic E-state index is -0.572. The zero-order valence-electron chi connectivity index (χ0n) is 12.4. The molecular formula is C15H18FN3O2. The maximum absolute atomic E-state index is 13.2. The molecule has 0 fully saturated rings. The second-order valence-electron chi connectivity index (χ2n) is 5.02. The number of pyridine rings is 1. The molecule has 6 heteroatoms. The molecule has 0 saturated heterocycles. The highest BCUT2D eigenvalue weighted by molar-refractivity contribution is 6.08. The largest absolute Gasteiger partial charge is 0.328 e. The first kappa shape index (κ1) is 15.2. The summed E-state index contributed by atoms with van der Waals surface area (Å²) in [7, 11) is 3.20. The normalized spacial score (nSPS) is 10.9. The number of hydrogen-bond donors (Lipinski definition) is 0. The Morgan fingerprint density at radius 1 is 1.29 bits per heavy atom. The predicted molar refractivity (Wildman–Crippen MR) is 76.9 cm³/mol. The maximum atomic E-state index is 13.2. The Kier molecular flexibility index (Phi) is 4.35. The maximum Gasteiger partial charge on any atom is 0.328 e. The summed E-state index contributed by atoms with van der Waals surface area (Å²) in [6.45, 7) is 2.04. The number of rotatable bonds is 5. The molecule has 2 aromatic heterocycles. The Balaban J connectivity index is 2.54. The van der Waals surface area contributed by atoms with Crippen molar-refractivity contribution in [2.45, 2.75) is 26.2 Å². The van der Waals surface area contributed by atoms with Gasteiger partial charge in [0.15, 0.2) is 0 Å². The molecule has 0 amide bonds. The van der Waals surface area contributed by atoms with Gasteiger partial charge in [0.05, 0.1) is 11.9 Å². The van der Waals surface area contributed by atoms with Crippen LogP contribution in [0.25, 0.3) is 0 Å². The van der Waals surface area contributed by atoms with Crippen LogP contribution in [-0.2, 0) is 20.5 Å². The summed E-state index contributed by atoms with van der Waals surface area (Å²) in [6, 6.07) is 1.14. The second-order valence-corrected chi connectivity index (χ2v) is 5.02. The van der Waals surface area contributed by atoms with Crippen molar-refractivity contribution in [2.75, 3.05) is 0 Å². The van der Waals surface area contributed by atoms with Crippen LogP contribution in [0.4, 0.5) is 4.39 Å². The predicted octanol–water partition coefficient (Wildman–Crippen LogP) is 1.83. The molecule has 0 spiro atoms. The average molecular weight is 291 g/mol. The van der Waals surface area contributed by atoms with Crippen LogP contribution in [0, 0.1) is 5.82 Å². The summed E-state index contributed by atoms with van der Waals surface area (Å²) in [6.07, 6.45) is 4.81. The van der Waals surface area contributed by atoms with Crippen molar-refractivity contribution >= 4 is 5.78 Å². The minimum absolute atomic E-state index is 0.147. The van der Waals surface area contributed by atoms with E-state index < -0.39 is 5.82 Å². The number of imidazole rings is 1. The Bertz CT molecular complexity index is 731. The van der Waals surface area contributed by atoms with Gasteiger partial charge in [-0.3, -0.25) is 18.9 Å². The van der Waals surface area contributed by atoms with Gasteiger partial charge in [-0.25, -0.2) is 9.18 Å². The molecule has 0 N–H and O–H groups in total. The third-order valence-electron chi connectivity index (χ3n) is 3.54. The van der Waals surface area contributed by atoms with Crippen molar-refractivity contribution in [1.29, 1.82) is 0 Å². The molecule has 5 nitrogen and oxygen atoms in total. The van der Waals surface area contributed by atoms with Gasteiger partial charge in [-0.2, -0.15) is 0 Å². The van der Waals surface area contributed by atoms with Crippen molar-refractivity contribution in [3.8, 4) is 0 Å². The molecule has 0 aliphatic rings. The molecule has 0 aromatic carbocycles. The van der Waals surface area contributed by atoms with E-state index >= 15 is 0 Å². The third kappa shape index (κ3) is 2.79. The number of ketones is 1. The number of halogens is 1. The molecule has 2 heterocycles. The smallest absolute Gasteiger partial charge is 0.299 e. The Morgan fingerprint density at radius 3 is 2.62 bits per heavy atom. The summed E-state index contributed by atoms with van der Waals surface area (Å²) in [5.74, 6) is -0.954.